The average molecular weight is 560 g/mol. The van der Waals surface area contributed by atoms with Gasteiger partial charge < -0.3 is 19.9 Å². The lowest BCUT2D eigenvalue weighted by molar-refractivity contribution is -0.0498. The molecule has 0 aliphatic rings. The number of amides is 1. The summed E-state index contributed by atoms with van der Waals surface area (Å²) in [5.74, 6) is 0.855. The topological polar surface area (TPSA) is 57.2 Å². The van der Waals surface area contributed by atoms with Crippen molar-refractivity contribution in [2.45, 2.75) is 33.5 Å². The fraction of sp³-hybridized carbons (Fsp3) is 0.391. The number of benzene rings is 2. The maximum atomic E-state index is 12.4. The largest absolute Gasteiger partial charge is 0.435 e. The van der Waals surface area contributed by atoms with Gasteiger partial charge in [0.05, 0.1) is 0 Å². The summed E-state index contributed by atoms with van der Waals surface area (Å²) in [6.45, 7) is 3.57. The number of aliphatic imine (C=N–C) groups is 1. The summed E-state index contributed by atoms with van der Waals surface area (Å²) >= 11 is 0. The molecule has 1 amide bonds. The molecule has 1 N–H and O–H groups in total. The first-order chi connectivity index (χ1) is 14.9. The van der Waals surface area contributed by atoms with E-state index in [1.165, 1.54) is 12.1 Å². The van der Waals surface area contributed by atoms with Crippen LogP contribution in [-0.4, -0.2) is 55.5 Å². The van der Waals surface area contributed by atoms with Crippen LogP contribution in [-0.2, 0) is 13.1 Å². The van der Waals surface area contributed by atoms with Crippen LogP contribution in [0.5, 0.6) is 5.75 Å². The quantitative estimate of drug-likeness (QED) is 0.277. The lowest BCUT2D eigenvalue weighted by atomic mass is 10.1. The van der Waals surface area contributed by atoms with Crippen LogP contribution in [0.25, 0.3) is 0 Å². The molecule has 0 radical (unpaired) electrons. The number of carbonyl (C=O) groups excluding carboxylic acids is 1. The molecular weight excluding hydrogens is 529 g/mol. The summed E-state index contributed by atoms with van der Waals surface area (Å²) in [6, 6.07) is 14.1. The van der Waals surface area contributed by atoms with E-state index in [1.54, 1.807) is 24.1 Å². The zero-order chi connectivity index (χ0) is 22.8. The van der Waals surface area contributed by atoms with Crippen molar-refractivity contribution in [3.8, 4) is 5.75 Å². The van der Waals surface area contributed by atoms with Gasteiger partial charge in [0.15, 0.2) is 5.96 Å². The lowest BCUT2D eigenvalue weighted by Crippen LogP contribution is -2.38. The molecule has 2 rings (SSSR count). The second kappa shape index (κ2) is 13.9. The minimum atomic E-state index is -2.83. The second-order valence-corrected chi connectivity index (χ2v) is 6.95. The van der Waals surface area contributed by atoms with Crippen LogP contribution in [0.15, 0.2) is 53.5 Å². The van der Waals surface area contributed by atoms with Crippen LogP contribution in [0, 0.1) is 0 Å². The monoisotopic (exact) mass is 560 g/mol. The van der Waals surface area contributed by atoms with Gasteiger partial charge in [-0.05, 0) is 49.2 Å². The molecule has 0 heterocycles. The van der Waals surface area contributed by atoms with E-state index in [-0.39, 0.29) is 35.6 Å². The zero-order valence-corrected chi connectivity index (χ0v) is 21.2. The number of hydrogen-bond acceptors (Lipinski definition) is 3. The molecule has 0 saturated carbocycles. The second-order valence-electron chi connectivity index (χ2n) is 6.95. The smallest absolute Gasteiger partial charge is 0.387 e. The van der Waals surface area contributed by atoms with Crippen LogP contribution in [0.4, 0.5) is 8.78 Å². The number of hydrogen-bond donors (Lipinski definition) is 1. The Morgan fingerprint density at radius 1 is 1.03 bits per heavy atom. The maximum absolute atomic E-state index is 12.4. The Kier molecular flexibility index (Phi) is 12.0. The number of halogens is 3. The molecule has 32 heavy (non-hydrogen) atoms. The third-order valence-electron chi connectivity index (χ3n) is 4.84. The summed E-state index contributed by atoms with van der Waals surface area (Å²) in [7, 11) is 3.59. The summed E-state index contributed by atoms with van der Waals surface area (Å²) in [4.78, 5) is 20.4. The van der Waals surface area contributed by atoms with Gasteiger partial charge in [-0.1, -0.05) is 24.3 Å². The molecule has 9 heteroatoms. The van der Waals surface area contributed by atoms with Gasteiger partial charge >= 0.3 is 6.61 Å². The third kappa shape index (κ3) is 8.25. The highest BCUT2D eigenvalue weighted by Crippen LogP contribution is 2.16. The molecule has 2 aromatic rings. The third-order valence-corrected chi connectivity index (χ3v) is 4.84. The van der Waals surface area contributed by atoms with E-state index in [0.29, 0.717) is 37.7 Å². The van der Waals surface area contributed by atoms with Gasteiger partial charge in [0.2, 0.25) is 0 Å². The number of ether oxygens (including phenoxy) is 1. The first-order valence-corrected chi connectivity index (χ1v) is 10.2. The average Bonchev–Trinajstić information content (AvgIpc) is 2.76. The summed E-state index contributed by atoms with van der Waals surface area (Å²) in [5, 5.41) is 3.29. The van der Waals surface area contributed by atoms with E-state index in [0.717, 1.165) is 11.1 Å². The minimum absolute atomic E-state index is 0. The number of rotatable bonds is 9. The molecule has 0 bridgehead atoms. The highest BCUT2D eigenvalue weighted by atomic mass is 127. The Bertz CT molecular complexity index is 857. The molecule has 0 fully saturated rings. The Morgan fingerprint density at radius 3 is 2.09 bits per heavy atom. The number of nitrogens with one attached hydrogen (secondary N) is 1. The van der Waals surface area contributed by atoms with Crippen LogP contribution >= 0.6 is 24.0 Å². The number of carbonyl (C=O) groups is 1. The molecule has 0 aromatic heterocycles. The van der Waals surface area contributed by atoms with Crippen molar-refractivity contribution in [3.05, 3.63) is 65.2 Å². The van der Waals surface area contributed by atoms with Gasteiger partial charge in [-0.15, -0.1) is 24.0 Å². The van der Waals surface area contributed by atoms with Crippen molar-refractivity contribution < 1.29 is 18.3 Å². The Hall–Kier alpha value is -2.43. The van der Waals surface area contributed by atoms with Crippen molar-refractivity contribution >= 4 is 35.8 Å². The van der Waals surface area contributed by atoms with Crippen molar-refractivity contribution in [1.29, 1.82) is 0 Å². The Balaban J connectivity index is 0.00000512. The van der Waals surface area contributed by atoms with Crippen molar-refractivity contribution in [1.82, 2.24) is 15.1 Å². The molecule has 0 spiro atoms. The van der Waals surface area contributed by atoms with Gasteiger partial charge in [0.1, 0.15) is 5.75 Å². The molecule has 0 saturated heterocycles. The van der Waals surface area contributed by atoms with Gasteiger partial charge in [-0.2, -0.15) is 8.78 Å². The first kappa shape index (κ1) is 27.6. The van der Waals surface area contributed by atoms with E-state index in [2.05, 4.69) is 15.0 Å². The predicted octanol–water partition coefficient (Wildman–Crippen LogP) is 4.60. The van der Waals surface area contributed by atoms with Crippen molar-refractivity contribution in [2.75, 3.05) is 27.2 Å². The first-order valence-electron chi connectivity index (χ1n) is 10.2. The minimum Gasteiger partial charge on any atom is -0.435 e. The summed E-state index contributed by atoms with van der Waals surface area (Å²) < 4.78 is 28.9. The molecule has 0 aliphatic heterocycles. The fourth-order valence-electron chi connectivity index (χ4n) is 3.15. The van der Waals surface area contributed by atoms with Gasteiger partial charge in [-0.3, -0.25) is 9.79 Å². The van der Waals surface area contributed by atoms with E-state index < -0.39 is 6.61 Å². The van der Waals surface area contributed by atoms with Crippen LogP contribution < -0.4 is 10.1 Å². The molecule has 6 nitrogen and oxygen atoms in total. The van der Waals surface area contributed by atoms with Crippen molar-refractivity contribution in [2.24, 2.45) is 4.99 Å². The standard InChI is InChI=1S/C23H30F2N4O2.HI/c1-5-29(6-2)21(30)19-11-7-17(8-12-19)15-27-23(26-3)28(4)16-18-9-13-20(14-10-18)31-22(24)25;/h7-14,22H,5-6,15-16H2,1-4H3,(H,26,27);1H. The van der Waals surface area contributed by atoms with Gasteiger partial charge in [0, 0.05) is 45.8 Å². The molecular formula is C23H31F2IN4O2. The molecule has 176 valence electrons. The van der Waals surface area contributed by atoms with Crippen LogP contribution in [0.2, 0.25) is 0 Å². The van der Waals surface area contributed by atoms with E-state index in [9.17, 15) is 13.6 Å². The van der Waals surface area contributed by atoms with E-state index in [1.807, 2.05) is 50.1 Å². The lowest BCUT2D eigenvalue weighted by Gasteiger charge is -2.22. The summed E-state index contributed by atoms with van der Waals surface area (Å²) in [5.41, 5.74) is 2.64. The van der Waals surface area contributed by atoms with E-state index in [4.69, 9.17) is 0 Å². The highest BCUT2D eigenvalue weighted by molar-refractivity contribution is 14.0. The molecule has 0 atom stereocenters. The SMILES string of the molecule is CCN(CC)C(=O)c1ccc(CNC(=NC)N(C)Cc2ccc(OC(F)F)cc2)cc1.I. The molecule has 2 aromatic carbocycles. The predicted molar refractivity (Wildman–Crippen MR) is 134 cm³/mol. The van der Waals surface area contributed by atoms with Crippen LogP contribution in [0.3, 0.4) is 0 Å². The summed E-state index contributed by atoms with van der Waals surface area (Å²) in [6.07, 6.45) is 0. The van der Waals surface area contributed by atoms with Crippen LogP contribution in [0.1, 0.15) is 35.3 Å². The zero-order valence-electron chi connectivity index (χ0n) is 18.8. The van der Waals surface area contributed by atoms with Gasteiger partial charge in [0.25, 0.3) is 5.91 Å². The van der Waals surface area contributed by atoms with E-state index >= 15 is 0 Å². The Labute approximate surface area is 205 Å². The number of nitrogens with zero attached hydrogens (tertiary/aromatic N) is 3. The highest BCUT2D eigenvalue weighted by Gasteiger charge is 2.12. The fourth-order valence-corrected chi connectivity index (χ4v) is 3.15. The van der Waals surface area contributed by atoms with Crippen molar-refractivity contribution in [3.63, 3.8) is 0 Å². The molecule has 0 unspecified atom stereocenters. The number of guanidine groups is 1. The molecule has 0 aliphatic carbocycles. The Morgan fingerprint density at radius 2 is 1.59 bits per heavy atom. The normalized spacial score (nSPS) is 11.0. The number of alkyl halides is 2. The van der Waals surface area contributed by atoms with Gasteiger partial charge in [-0.25, -0.2) is 0 Å². The maximum Gasteiger partial charge on any atom is 0.387 e.